The molecule has 0 fully saturated rings. The van der Waals surface area contributed by atoms with E-state index in [1.165, 1.54) is 6.20 Å². The molecule has 0 unspecified atom stereocenters. The summed E-state index contributed by atoms with van der Waals surface area (Å²) in [5.74, 6) is 2.30. The number of imidazole rings is 1. The molecule has 144 valence electrons. The summed E-state index contributed by atoms with van der Waals surface area (Å²) in [7, 11) is 0. The van der Waals surface area contributed by atoms with Gasteiger partial charge in [-0.1, -0.05) is 0 Å². The molecule has 8 heteroatoms. The number of nitrogen functional groups attached to an aromatic ring is 1. The van der Waals surface area contributed by atoms with Crippen molar-refractivity contribution in [1.29, 1.82) is 5.41 Å². The summed E-state index contributed by atoms with van der Waals surface area (Å²) in [5.41, 5.74) is 8.18. The van der Waals surface area contributed by atoms with E-state index < -0.39 is 0 Å². The second-order valence-corrected chi connectivity index (χ2v) is 7.01. The summed E-state index contributed by atoms with van der Waals surface area (Å²) in [4.78, 5) is 15.3. The normalized spacial score (nSPS) is 13.5. The van der Waals surface area contributed by atoms with Crippen molar-refractivity contribution in [1.82, 2.24) is 19.5 Å². The third kappa shape index (κ3) is 3.53. The van der Waals surface area contributed by atoms with Gasteiger partial charge >= 0.3 is 0 Å². The Morgan fingerprint density at radius 3 is 2.86 bits per heavy atom. The molecule has 0 aliphatic carbocycles. The van der Waals surface area contributed by atoms with Gasteiger partial charge in [0.2, 0.25) is 5.88 Å². The van der Waals surface area contributed by atoms with Crippen LogP contribution in [0.15, 0.2) is 43.0 Å². The van der Waals surface area contributed by atoms with E-state index >= 15 is 0 Å². The molecule has 0 saturated carbocycles. The lowest BCUT2D eigenvalue weighted by atomic mass is 10.0. The summed E-state index contributed by atoms with van der Waals surface area (Å²) < 4.78 is 7.80. The monoisotopic (exact) mass is 377 g/mol. The van der Waals surface area contributed by atoms with Gasteiger partial charge in [-0.25, -0.2) is 15.0 Å². The minimum absolute atomic E-state index is 0.00246. The van der Waals surface area contributed by atoms with Crippen LogP contribution in [0.2, 0.25) is 0 Å². The second-order valence-electron chi connectivity index (χ2n) is 7.01. The first-order chi connectivity index (χ1) is 13.5. The lowest BCUT2D eigenvalue weighted by Gasteiger charge is -2.28. The van der Waals surface area contributed by atoms with Gasteiger partial charge in [-0.2, -0.15) is 0 Å². The molecular formula is C20H23N7O. The Hall–Kier alpha value is -3.42. The molecular weight excluding hydrogens is 354 g/mol. The van der Waals surface area contributed by atoms with Crippen LogP contribution in [0.5, 0.6) is 5.88 Å². The highest BCUT2D eigenvalue weighted by Gasteiger charge is 2.19. The van der Waals surface area contributed by atoms with Crippen LogP contribution in [0.25, 0.3) is 0 Å². The number of ether oxygens (including phenoxy) is 1. The van der Waals surface area contributed by atoms with Gasteiger partial charge in [-0.05, 0) is 26.0 Å². The number of hydrogen-bond acceptors (Lipinski definition) is 7. The van der Waals surface area contributed by atoms with Crippen molar-refractivity contribution in [2.75, 3.05) is 17.2 Å². The number of rotatable bonds is 5. The van der Waals surface area contributed by atoms with Crippen LogP contribution < -0.4 is 15.4 Å². The van der Waals surface area contributed by atoms with Crippen LogP contribution in [-0.4, -0.2) is 37.9 Å². The van der Waals surface area contributed by atoms with E-state index in [4.69, 9.17) is 15.9 Å². The van der Waals surface area contributed by atoms with Gasteiger partial charge < -0.3 is 19.9 Å². The van der Waals surface area contributed by atoms with Gasteiger partial charge in [-0.15, -0.1) is 0 Å². The summed E-state index contributed by atoms with van der Waals surface area (Å²) in [6.07, 6.45) is 7.07. The molecule has 4 heterocycles. The standard InChI is InChI=1S/C20H23N7O/c1-13(2)28-19-10-15(16(21)11-25-19)20(22)14-3-4-23-17(9-14)27-8-7-26-6-5-24-18(26)12-27/h3-6,9-11,13,22H,7-8,12,21H2,1-2H3. The van der Waals surface area contributed by atoms with E-state index in [1.807, 2.05) is 38.4 Å². The number of aromatic nitrogens is 4. The van der Waals surface area contributed by atoms with Crippen molar-refractivity contribution in [3.63, 3.8) is 0 Å². The van der Waals surface area contributed by atoms with E-state index in [9.17, 15) is 0 Å². The fourth-order valence-electron chi connectivity index (χ4n) is 3.24. The molecule has 28 heavy (non-hydrogen) atoms. The summed E-state index contributed by atoms with van der Waals surface area (Å²) in [6, 6.07) is 5.46. The van der Waals surface area contributed by atoms with E-state index in [0.717, 1.165) is 30.3 Å². The number of hydrogen-bond donors (Lipinski definition) is 2. The molecule has 0 atom stereocenters. The molecule has 0 saturated heterocycles. The van der Waals surface area contributed by atoms with E-state index in [-0.39, 0.29) is 6.10 Å². The van der Waals surface area contributed by atoms with Crippen molar-refractivity contribution in [2.45, 2.75) is 33.0 Å². The Morgan fingerprint density at radius 2 is 2.04 bits per heavy atom. The second kappa shape index (κ2) is 7.30. The van der Waals surface area contributed by atoms with Crippen LogP contribution in [0.3, 0.4) is 0 Å². The molecule has 3 aromatic rings. The van der Waals surface area contributed by atoms with Crippen LogP contribution in [0.1, 0.15) is 30.8 Å². The average molecular weight is 377 g/mol. The lowest BCUT2D eigenvalue weighted by Crippen LogP contribution is -2.34. The smallest absolute Gasteiger partial charge is 0.214 e. The molecule has 4 rings (SSSR count). The van der Waals surface area contributed by atoms with Gasteiger partial charge in [0.1, 0.15) is 11.6 Å². The highest BCUT2D eigenvalue weighted by atomic mass is 16.5. The highest BCUT2D eigenvalue weighted by Crippen LogP contribution is 2.24. The Balaban J connectivity index is 1.60. The maximum Gasteiger partial charge on any atom is 0.214 e. The molecule has 3 aromatic heterocycles. The maximum atomic E-state index is 8.67. The molecule has 8 nitrogen and oxygen atoms in total. The lowest BCUT2D eigenvalue weighted by molar-refractivity contribution is 0.232. The SMILES string of the molecule is CC(C)Oc1cc(C(=N)c2ccnc(N3CCn4ccnc4C3)c2)c(N)cn1. The largest absolute Gasteiger partial charge is 0.475 e. The van der Waals surface area contributed by atoms with Crippen molar-refractivity contribution < 1.29 is 4.74 Å². The summed E-state index contributed by atoms with van der Waals surface area (Å²) >= 11 is 0. The maximum absolute atomic E-state index is 8.67. The van der Waals surface area contributed by atoms with Crippen LogP contribution in [-0.2, 0) is 13.1 Å². The van der Waals surface area contributed by atoms with Crippen molar-refractivity contribution >= 4 is 17.2 Å². The number of nitrogens with zero attached hydrogens (tertiary/aromatic N) is 5. The number of nitrogens with one attached hydrogen (secondary N) is 1. The van der Waals surface area contributed by atoms with Crippen molar-refractivity contribution in [2.24, 2.45) is 0 Å². The Morgan fingerprint density at radius 1 is 1.18 bits per heavy atom. The molecule has 1 aliphatic heterocycles. The van der Waals surface area contributed by atoms with Gasteiger partial charge in [0.05, 0.1) is 30.2 Å². The first kappa shape index (κ1) is 18.0. The van der Waals surface area contributed by atoms with Crippen LogP contribution in [0, 0.1) is 5.41 Å². The van der Waals surface area contributed by atoms with Crippen molar-refractivity contribution in [3.8, 4) is 5.88 Å². The molecule has 0 radical (unpaired) electrons. The summed E-state index contributed by atoms with van der Waals surface area (Å²) in [5, 5.41) is 8.67. The molecule has 0 spiro atoms. The van der Waals surface area contributed by atoms with E-state index in [2.05, 4.69) is 24.4 Å². The Kier molecular flexibility index (Phi) is 4.68. The Labute approximate surface area is 163 Å². The van der Waals surface area contributed by atoms with E-state index in [0.29, 0.717) is 29.4 Å². The first-order valence-corrected chi connectivity index (χ1v) is 9.23. The molecule has 3 N–H and O–H groups in total. The zero-order valence-electron chi connectivity index (χ0n) is 16.0. The fraction of sp³-hybridized carbons (Fsp3) is 0.300. The number of pyridine rings is 2. The third-order valence-corrected chi connectivity index (χ3v) is 4.64. The van der Waals surface area contributed by atoms with Crippen LogP contribution >= 0.6 is 0 Å². The third-order valence-electron chi connectivity index (χ3n) is 4.64. The average Bonchev–Trinajstić information content (AvgIpc) is 3.16. The Bertz CT molecular complexity index is 1010. The molecule has 0 aromatic carbocycles. The highest BCUT2D eigenvalue weighted by molar-refractivity contribution is 6.14. The van der Waals surface area contributed by atoms with E-state index in [1.54, 1.807) is 12.3 Å². The number of fused-ring (bicyclic) bond motifs is 1. The topological polar surface area (TPSA) is 106 Å². The van der Waals surface area contributed by atoms with Gasteiger partial charge in [0.15, 0.2) is 0 Å². The van der Waals surface area contributed by atoms with Gasteiger partial charge in [0, 0.05) is 48.9 Å². The minimum Gasteiger partial charge on any atom is -0.475 e. The predicted octanol–water partition coefficient (Wildman–Crippen LogP) is 2.48. The molecule has 1 aliphatic rings. The van der Waals surface area contributed by atoms with Gasteiger partial charge in [0.25, 0.3) is 0 Å². The predicted molar refractivity (Wildman–Crippen MR) is 108 cm³/mol. The number of anilines is 2. The quantitative estimate of drug-likeness (QED) is 0.662. The van der Waals surface area contributed by atoms with Crippen molar-refractivity contribution in [3.05, 3.63) is 59.9 Å². The zero-order chi connectivity index (χ0) is 19.7. The molecule has 0 bridgehead atoms. The minimum atomic E-state index is -0.00246. The first-order valence-electron chi connectivity index (χ1n) is 9.23. The number of nitrogens with two attached hydrogens (primary N) is 1. The zero-order valence-corrected chi connectivity index (χ0v) is 16.0. The molecule has 0 amide bonds. The van der Waals surface area contributed by atoms with Gasteiger partial charge in [-0.3, -0.25) is 5.41 Å². The van der Waals surface area contributed by atoms with Crippen LogP contribution in [0.4, 0.5) is 11.5 Å². The fourth-order valence-corrected chi connectivity index (χ4v) is 3.24. The summed E-state index contributed by atoms with van der Waals surface area (Å²) in [6.45, 7) is 6.27.